The largest absolute Gasteiger partial charge is 0.444 e. The number of hydrogen-bond donors (Lipinski definition) is 1. The summed E-state index contributed by atoms with van der Waals surface area (Å²) in [4.78, 5) is 26.3. The summed E-state index contributed by atoms with van der Waals surface area (Å²) in [6, 6.07) is 4.27. The fourth-order valence-electron chi connectivity index (χ4n) is 3.33. The number of aryl methyl sites for hydroxylation is 1. The maximum Gasteiger partial charge on any atom is 0.410 e. The van der Waals surface area contributed by atoms with Crippen LogP contribution in [0.15, 0.2) is 18.2 Å². The number of amides is 2. The number of carbonyl (C=O) groups is 2. The van der Waals surface area contributed by atoms with E-state index in [1.165, 1.54) is 22.9 Å². The first-order valence-corrected chi connectivity index (χ1v) is 9.95. The van der Waals surface area contributed by atoms with E-state index >= 15 is 0 Å². The molecule has 2 heterocycles. The topological polar surface area (TPSA) is 102 Å². The number of carbonyl (C=O) groups excluding carboxylic acids is 2. The number of anilines is 1. The number of hydrogen-bond acceptors (Lipinski definition) is 6. The lowest BCUT2D eigenvalue weighted by molar-refractivity contribution is -0.117. The van der Waals surface area contributed by atoms with Crippen LogP contribution in [0.3, 0.4) is 0 Å². The maximum atomic E-state index is 14.2. The van der Waals surface area contributed by atoms with Crippen LogP contribution in [0.5, 0.6) is 0 Å². The van der Waals surface area contributed by atoms with Gasteiger partial charge in [0.1, 0.15) is 17.1 Å². The zero-order valence-corrected chi connectivity index (χ0v) is 17.7. The van der Waals surface area contributed by atoms with Gasteiger partial charge in [0.15, 0.2) is 5.82 Å². The average molecular weight is 418 g/mol. The molecule has 1 aliphatic rings. The first-order valence-electron chi connectivity index (χ1n) is 9.95. The predicted molar refractivity (Wildman–Crippen MR) is 108 cm³/mol. The van der Waals surface area contributed by atoms with Gasteiger partial charge in [0.2, 0.25) is 5.91 Å². The second kappa shape index (κ2) is 8.76. The van der Waals surface area contributed by atoms with Gasteiger partial charge in [-0.25, -0.2) is 9.18 Å². The number of halogens is 1. The molecule has 1 saturated heterocycles. The quantitative estimate of drug-likeness (QED) is 0.819. The van der Waals surface area contributed by atoms with E-state index in [9.17, 15) is 14.0 Å². The number of likely N-dealkylation sites (tertiary alicyclic amines) is 1. The van der Waals surface area contributed by atoms with Crippen molar-refractivity contribution in [3.05, 3.63) is 29.8 Å². The van der Waals surface area contributed by atoms with Crippen molar-refractivity contribution in [3.8, 4) is 5.69 Å². The molecule has 30 heavy (non-hydrogen) atoms. The Hall–Kier alpha value is -3.04. The second-order valence-electron chi connectivity index (χ2n) is 8.47. The van der Waals surface area contributed by atoms with Crippen LogP contribution in [0.1, 0.15) is 45.9 Å². The summed E-state index contributed by atoms with van der Waals surface area (Å²) < 4.78 is 20.8. The van der Waals surface area contributed by atoms with Crippen LogP contribution in [0.2, 0.25) is 0 Å². The van der Waals surface area contributed by atoms with Gasteiger partial charge in [0.05, 0.1) is 0 Å². The van der Waals surface area contributed by atoms with E-state index in [2.05, 4.69) is 20.8 Å². The third-order valence-corrected chi connectivity index (χ3v) is 4.82. The molecule has 9 nitrogen and oxygen atoms in total. The number of nitrogens with zero attached hydrogens (tertiary/aromatic N) is 5. The third-order valence-electron chi connectivity index (χ3n) is 4.82. The molecule has 0 unspecified atom stereocenters. The van der Waals surface area contributed by atoms with Gasteiger partial charge in [-0.3, -0.25) is 4.79 Å². The molecular formula is C20H27FN6O3. The minimum atomic E-state index is -0.525. The molecular weight excluding hydrogens is 391 g/mol. The van der Waals surface area contributed by atoms with E-state index in [1.54, 1.807) is 11.8 Å². The fraction of sp³-hybridized carbons (Fsp3) is 0.550. The molecule has 0 spiro atoms. The van der Waals surface area contributed by atoms with E-state index in [1.807, 2.05) is 20.8 Å². The minimum Gasteiger partial charge on any atom is -0.444 e. The van der Waals surface area contributed by atoms with Crippen LogP contribution in [-0.2, 0) is 9.53 Å². The number of aromatic nitrogens is 4. The second-order valence-corrected chi connectivity index (χ2v) is 8.47. The van der Waals surface area contributed by atoms with Gasteiger partial charge >= 0.3 is 6.09 Å². The summed E-state index contributed by atoms with van der Waals surface area (Å²) >= 11 is 0. The van der Waals surface area contributed by atoms with Crippen molar-refractivity contribution < 1.29 is 18.7 Å². The number of nitrogens with one attached hydrogen (secondary N) is 1. The molecule has 1 aliphatic heterocycles. The van der Waals surface area contributed by atoms with Gasteiger partial charge in [-0.1, -0.05) is 0 Å². The van der Waals surface area contributed by atoms with Crippen LogP contribution in [0.4, 0.5) is 14.9 Å². The summed E-state index contributed by atoms with van der Waals surface area (Å²) in [5.41, 5.74) is 0.112. The first-order chi connectivity index (χ1) is 14.1. The van der Waals surface area contributed by atoms with Crippen LogP contribution in [-0.4, -0.2) is 55.8 Å². The number of tetrazole rings is 1. The molecule has 0 radical (unpaired) electrons. The molecule has 0 atom stereocenters. The van der Waals surface area contributed by atoms with Crippen molar-refractivity contribution >= 4 is 17.7 Å². The van der Waals surface area contributed by atoms with E-state index < -0.39 is 11.4 Å². The molecule has 1 aromatic carbocycles. The molecule has 0 aliphatic carbocycles. The summed E-state index contributed by atoms with van der Waals surface area (Å²) in [7, 11) is 0. The number of rotatable bonds is 4. The van der Waals surface area contributed by atoms with Gasteiger partial charge in [0, 0.05) is 25.2 Å². The zero-order valence-electron chi connectivity index (χ0n) is 17.7. The van der Waals surface area contributed by atoms with E-state index in [-0.39, 0.29) is 23.6 Å². The van der Waals surface area contributed by atoms with Crippen LogP contribution >= 0.6 is 0 Å². The summed E-state index contributed by atoms with van der Waals surface area (Å²) in [5.74, 6) is -0.0332. The van der Waals surface area contributed by atoms with Crippen LogP contribution < -0.4 is 5.32 Å². The lowest BCUT2D eigenvalue weighted by Crippen LogP contribution is -2.42. The van der Waals surface area contributed by atoms with Crippen molar-refractivity contribution in [1.29, 1.82) is 0 Å². The molecule has 1 aromatic heterocycles. The molecule has 162 valence electrons. The smallest absolute Gasteiger partial charge is 0.410 e. The molecule has 1 fully saturated rings. The molecule has 10 heteroatoms. The van der Waals surface area contributed by atoms with Gasteiger partial charge < -0.3 is 15.0 Å². The Bertz CT molecular complexity index is 916. The Morgan fingerprint density at radius 3 is 2.57 bits per heavy atom. The van der Waals surface area contributed by atoms with Gasteiger partial charge in [0.25, 0.3) is 0 Å². The summed E-state index contributed by atoms with van der Waals surface area (Å²) in [6.45, 7) is 8.29. The Labute approximate surface area is 174 Å². The van der Waals surface area contributed by atoms with Crippen molar-refractivity contribution in [1.82, 2.24) is 25.1 Å². The summed E-state index contributed by atoms with van der Waals surface area (Å²) in [5, 5.41) is 13.8. The third kappa shape index (κ3) is 5.52. The van der Waals surface area contributed by atoms with Crippen molar-refractivity contribution in [2.45, 2.75) is 52.6 Å². The molecule has 0 bridgehead atoms. The Kier molecular flexibility index (Phi) is 6.33. The molecule has 2 amide bonds. The standard InChI is InChI=1S/C20H27FN6O3/c1-13-23-24-25-27(13)17-12-15(5-6-16(17)21)22-18(28)11-14-7-9-26(10-8-14)19(29)30-20(2,3)4/h5-6,12,14H,7-11H2,1-4H3,(H,22,28). The SMILES string of the molecule is Cc1nnnn1-c1cc(NC(=O)CC2CCN(C(=O)OC(C)(C)C)CC2)ccc1F. The lowest BCUT2D eigenvalue weighted by atomic mass is 9.93. The van der Waals surface area contributed by atoms with Crippen molar-refractivity contribution in [3.63, 3.8) is 0 Å². The minimum absolute atomic E-state index is 0.156. The molecule has 3 rings (SSSR count). The molecule has 1 N–H and O–H groups in total. The average Bonchev–Trinajstić information content (AvgIpc) is 3.08. The molecule has 0 saturated carbocycles. The lowest BCUT2D eigenvalue weighted by Gasteiger charge is -2.33. The zero-order chi connectivity index (χ0) is 21.9. The van der Waals surface area contributed by atoms with Crippen LogP contribution in [0, 0.1) is 18.7 Å². The van der Waals surface area contributed by atoms with E-state index in [4.69, 9.17) is 4.74 Å². The van der Waals surface area contributed by atoms with E-state index in [0.717, 1.165) is 12.8 Å². The Morgan fingerprint density at radius 1 is 1.27 bits per heavy atom. The van der Waals surface area contributed by atoms with Crippen LogP contribution in [0.25, 0.3) is 5.69 Å². The highest BCUT2D eigenvalue weighted by Gasteiger charge is 2.27. The first kappa shape index (κ1) is 21.7. The predicted octanol–water partition coefficient (Wildman–Crippen LogP) is 3.09. The van der Waals surface area contributed by atoms with E-state index in [0.29, 0.717) is 31.0 Å². The normalized spacial score (nSPS) is 15.2. The fourth-order valence-corrected chi connectivity index (χ4v) is 3.33. The number of piperidine rings is 1. The highest BCUT2D eigenvalue weighted by molar-refractivity contribution is 5.91. The monoisotopic (exact) mass is 418 g/mol. The van der Waals surface area contributed by atoms with Crippen molar-refractivity contribution in [2.75, 3.05) is 18.4 Å². The van der Waals surface area contributed by atoms with Crippen molar-refractivity contribution in [2.24, 2.45) is 5.92 Å². The maximum absolute atomic E-state index is 14.2. The van der Waals surface area contributed by atoms with Gasteiger partial charge in [-0.15, -0.1) is 5.10 Å². The number of benzene rings is 1. The number of ether oxygens (including phenoxy) is 1. The highest BCUT2D eigenvalue weighted by Crippen LogP contribution is 2.24. The van der Waals surface area contributed by atoms with Gasteiger partial charge in [-0.2, -0.15) is 4.68 Å². The molecule has 2 aromatic rings. The Balaban J connectivity index is 1.53. The Morgan fingerprint density at radius 2 is 1.97 bits per heavy atom. The summed E-state index contributed by atoms with van der Waals surface area (Å²) in [6.07, 6.45) is 1.47. The highest BCUT2D eigenvalue weighted by atomic mass is 19.1. The van der Waals surface area contributed by atoms with Gasteiger partial charge in [-0.05, 0) is 75.1 Å².